The fourth-order valence-corrected chi connectivity index (χ4v) is 5.89. The molecule has 0 aliphatic carbocycles. The first-order chi connectivity index (χ1) is 21.3. The summed E-state index contributed by atoms with van der Waals surface area (Å²) in [5.41, 5.74) is 3.86. The molecule has 0 saturated heterocycles. The molecule has 0 radical (unpaired) electrons. The number of methoxy groups -OCH3 is 1. The number of rotatable bonds is 10. The van der Waals surface area contributed by atoms with Crippen molar-refractivity contribution in [2.45, 2.75) is 38.7 Å². The number of benzene rings is 3. The molecule has 2 aliphatic rings. The van der Waals surface area contributed by atoms with Crippen LogP contribution in [0.15, 0.2) is 101 Å². The Bertz CT molecular complexity index is 1620. The van der Waals surface area contributed by atoms with Crippen LogP contribution >= 0.6 is 0 Å². The van der Waals surface area contributed by atoms with Gasteiger partial charge in [-0.3, -0.25) is 10.1 Å². The van der Waals surface area contributed by atoms with Crippen LogP contribution in [0.2, 0.25) is 0 Å². The number of aryl methyl sites for hydroxylation is 1. The lowest BCUT2D eigenvalue weighted by Crippen LogP contribution is -2.42. The molecule has 0 saturated carbocycles. The summed E-state index contributed by atoms with van der Waals surface area (Å²) in [5.74, 6) is -1.63. The van der Waals surface area contributed by atoms with E-state index < -0.39 is 28.9 Å². The number of dihydropyridines is 1. The standard InChI is InChI=1S/C34H35N3O7/c1-22-30(33(38)42-3)32(25-12-9-14-26(19-25)37(40)41)31(23(2)35-22)34(39)44-28(21-43-27-15-5-4-6-16-27)20-36-18-10-13-24-11-7-8-17-29(24)36/h4-9,11-12,14-17,19,28,32,35H,10,13,18,20-21H2,1-3H3. The molecule has 228 valence electrons. The monoisotopic (exact) mass is 597 g/mol. The Morgan fingerprint density at radius 2 is 1.68 bits per heavy atom. The molecular formula is C34H35N3O7. The Morgan fingerprint density at radius 1 is 0.977 bits per heavy atom. The van der Waals surface area contributed by atoms with Crippen LogP contribution in [0.25, 0.3) is 0 Å². The van der Waals surface area contributed by atoms with E-state index in [0.29, 0.717) is 29.3 Å². The van der Waals surface area contributed by atoms with Crippen molar-refractivity contribution in [3.8, 4) is 5.75 Å². The summed E-state index contributed by atoms with van der Waals surface area (Å²) < 4.78 is 17.4. The summed E-state index contributed by atoms with van der Waals surface area (Å²) in [6.07, 6.45) is 1.25. The summed E-state index contributed by atoms with van der Waals surface area (Å²) in [7, 11) is 1.25. The molecule has 0 aromatic heterocycles. The fourth-order valence-electron chi connectivity index (χ4n) is 5.89. The zero-order valence-corrected chi connectivity index (χ0v) is 24.9. The fraction of sp³-hybridized carbons (Fsp3) is 0.294. The van der Waals surface area contributed by atoms with E-state index in [4.69, 9.17) is 14.2 Å². The number of hydrogen-bond acceptors (Lipinski definition) is 9. The predicted molar refractivity (Wildman–Crippen MR) is 165 cm³/mol. The maximum absolute atomic E-state index is 14.2. The largest absolute Gasteiger partial charge is 0.490 e. The van der Waals surface area contributed by atoms with E-state index in [2.05, 4.69) is 22.3 Å². The predicted octanol–water partition coefficient (Wildman–Crippen LogP) is 5.45. The first kappa shape index (κ1) is 30.3. The molecule has 0 fully saturated rings. The Balaban J connectivity index is 1.49. The molecule has 5 rings (SSSR count). The van der Waals surface area contributed by atoms with Gasteiger partial charge in [0.25, 0.3) is 5.69 Å². The summed E-state index contributed by atoms with van der Waals surface area (Å²) >= 11 is 0. The Hall–Kier alpha value is -5.12. The summed E-state index contributed by atoms with van der Waals surface area (Å²) in [4.78, 5) is 40.6. The average Bonchev–Trinajstić information content (AvgIpc) is 3.03. The lowest BCUT2D eigenvalue weighted by Gasteiger charge is -2.35. The van der Waals surface area contributed by atoms with Crippen LogP contribution in [0, 0.1) is 10.1 Å². The van der Waals surface area contributed by atoms with Gasteiger partial charge in [0, 0.05) is 35.8 Å². The van der Waals surface area contributed by atoms with E-state index in [1.54, 1.807) is 19.9 Å². The average molecular weight is 598 g/mol. The second-order valence-electron chi connectivity index (χ2n) is 10.8. The molecule has 2 aliphatic heterocycles. The van der Waals surface area contributed by atoms with Gasteiger partial charge >= 0.3 is 11.9 Å². The smallest absolute Gasteiger partial charge is 0.337 e. The van der Waals surface area contributed by atoms with Gasteiger partial charge < -0.3 is 24.4 Å². The molecule has 10 nitrogen and oxygen atoms in total. The van der Waals surface area contributed by atoms with E-state index in [0.717, 1.165) is 25.1 Å². The van der Waals surface area contributed by atoms with Crippen molar-refractivity contribution in [2.24, 2.45) is 0 Å². The third kappa shape index (κ3) is 6.59. The van der Waals surface area contributed by atoms with Crippen molar-refractivity contribution in [1.29, 1.82) is 0 Å². The molecule has 0 spiro atoms. The topological polar surface area (TPSA) is 120 Å². The van der Waals surface area contributed by atoms with Gasteiger partial charge in [-0.2, -0.15) is 0 Å². The molecule has 44 heavy (non-hydrogen) atoms. The zero-order chi connectivity index (χ0) is 31.2. The lowest BCUT2D eigenvalue weighted by molar-refractivity contribution is -0.384. The van der Waals surface area contributed by atoms with Crippen molar-refractivity contribution < 1.29 is 28.7 Å². The number of esters is 2. The van der Waals surface area contributed by atoms with Crippen molar-refractivity contribution in [2.75, 3.05) is 31.7 Å². The summed E-state index contributed by atoms with van der Waals surface area (Å²) in [6.45, 7) is 4.69. The SMILES string of the molecule is COC(=O)C1=C(C)NC(C)=C(C(=O)OC(COc2ccccc2)CN2CCCc3ccccc32)C1c1cccc([N+](=O)[O-])c1. The second-order valence-corrected chi connectivity index (χ2v) is 10.8. The Labute approximate surface area is 256 Å². The maximum Gasteiger partial charge on any atom is 0.337 e. The molecule has 3 aromatic rings. The first-order valence-electron chi connectivity index (χ1n) is 14.5. The highest BCUT2D eigenvalue weighted by Gasteiger charge is 2.39. The molecule has 1 N–H and O–H groups in total. The maximum atomic E-state index is 14.2. The van der Waals surface area contributed by atoms with Crippen LogP contribution in [0.1, 0.15) is 37.3 Å². The number of para-hydroxylation sites is 2. The molecular weight excluding hydrogens is 562 g/mol. The van der Waals surface area contributed by atoms with Crippen molar-refractivity contribution in [1.82, 2.24) is 5.32 Å². The molecule has 2 atom stereocenters. The number of carbonyl (C=O) groups excluding carboxylic acids is 2. The quantitative estimate of drug-likeness (QED) is 0.185. The number of carbonyl (C=O) groups is 2. The number of fused-ring (bicyclic) bond motifs is 1. The molecule has 0 bridgehead atoms. The van der Waals surface area contributed by atoms with Crippen molar-refractivity contribution >= 4 is 23.3 Å². The number of nitrogens with one attached hydrogen (secondary N) is 1. The van der Waals surface area contributed by atoms with Gasteiger partial charge in [-0.25, -0.2) is 9.59 Å². The van der Waals surface area contributed by atoms with Crippen molar-refractivity contribution in [3.05, 3.63) is 123 Å². The summed E-state index contributed by atoms with van der Waals surface area (Å²) in [6, 6.07) is 23.4. The minimum absolute atomic E-state index is 0.0916. The Morgan fingerprint density at radius 3 is 2.41 bits per heavy atom. The summed E-state index contributed by atoms with van der Waals surface area (Å²) in [5, 5.41) is 14.8. The Kier molecular flexibility index (Phi) is 9.28. The number of non-ortho nitro benzene ring substituents is 1. The first-order valence-corrected chi connectivity index (χ1v) is 14.5. The minimum Gasteiger partial charge on any atom is -0.490 e. The molecule has 2 heterocycles. The molecule has 2 unspecified atom stereocenters. The minimum atomic E-state index is -0.956. The van der Waals surface area contributed by atoms with Gasteiger partial charge in [-0.05, 0) is 56.0 Å². The van der Waals surface area contributed by atoms with E-state index in [9.17, 15) is 19.7 Å². The van der Waals surface area contributed by atoms with Gasteiger partial charge in [0.1, 0.15) is 12.4 Å². The van der Waals surface area contributed by atoms with Crippen LogP contribution in [-0.4, -0.2) is 49.8 Å². The number of allylic oxidation sites excluding steroid dienone is 2. The lowest BCUT2D eigenvalue weighted by atomic mass is 9.80. The van der Waals surface area contributed by atoms with Crippen LogP contribution in [0.3, 0.4) is 0 Å². The van der Waals surface area contributed by atoms with Gasteiger partial charge in [-0.1, -0.05) is 48.5 Å². The second kappa shape index (κ2) is 13.5. The van der Waals surface area contributed by atoms with E-state index in [1.165, 1.54) is 30.9 Å². The highest BCUT2D eigenvalue weighted by Crippen LogP contribution is 2.40. The number of ether oxygens (including phenoxy) is 3. The van der Waals surface area contributed by atoms with Gasteiger partial charge in [0.15, 0.2) is 6.10 Å². The molecule has 0 amide bonds. The van der Waals surface area contributed by atoms with Crippen LogP contribution in [0.5, 0.6) is 5.75 Å². The third-order valence-electron chi connectivity index (χ3n) is 7.88. The number of anilines is 1. The number of hydrogen-bond donors (Lipinski definition) is 1. The highest BCUT2D eigenvalue weighted by molar-refractivity contribution is 6.00. The normalized spacial score (nSPS) is 16.9. The van der Waals surface area contributed by atoms with Crippen LogP contribution < -0.4 is 15.0 Å². The third-order valence-corrected chi connectivity index (χ3v) is 7.88. The zero-order valence-electron chi connectivity index (χ0n) is 24.9. The number of nitrogens with zero attached hydrogens (tertiary/aromatic N) is 2. The number of nitro benzene ring substituents is 1. The van der Waals surface area contributed by atoms with Crippen LogP contribution in [-0.2, 0) is 25.5 Å². The molecule has 3 aromatic carbocycles. The van der Waals surface area contributed by atoms with E-state index >= 15 is 0 Å². The molecule has 10 heteroatoms. The van der Waals surface area contributed by atoms with Gasteiger partial charge in [0.05, 0.1) is 35.6 Å². The van der Waals surface area contributed by atoms with E-state index in [-0.39, 0.29) is 23.4 Å². The highest BCUT2D eigenvalue weighted by atomic mass is 16.6. The number of nitro groups is 1. The van der Waals surface area contributed by atoms with Gasteiger partial charge in [-0.15, -0.1) is 0 Å². The van der Waals surface area contributed by atoms with E-state index in [1.807, 2.05) is 42.5 Å². The van der Waals surface area contributed by atoms with Crippen molar-refractivity contribution in [3.63, 3.8) is 0 Å². The van der Waals surface area contributed by atoms with Crippen LogP contribution in [0.4, 0.5) is 11.4 Å². The van der Waals surface area contributed by atoms with Gasteiger partial charge in [0.2, 0.25) is 0 Å².